The minimum Gasteiger partial charge on any atom is -0.341 e. The van der Waals surface area contributed by atoms with E-state index < -0.39 is 15.8 Å². The number of nitrogens with zero attached hydrogens (tertiary/aromatic N) is 2. The van der Waals surface area contributed by atoms with Gasteiger partial charge in [-0.2, -0.15) is 0 Å². The molecule has 25 heavy (non-hydrogen) atoms. The van der Waals surface area contributed by atoms with Crippen LogP contribution in [0, 0.1) is 5.92 Å². The number of carbonyl (C=O) groups excluding carboxylic acids is 2. The van der Waals surface area contributed by atoms with Crippen molar-refractivity contribution in [1.82, 2.24) is 9.80 Å². The Bertz CT molecular complexity index is 778. The fourth-order valence-corrected chi connectivity index (χ4v) is 5.38. The molecule has 2 amide bonds. The second-order valence-electron chi connectivity index (χ2n) is 6.82. The largest absolute Gasteiger partial charge is 0.341 e. The van der Waals surface area contributed by atoms with Crippen molar-refractivity contribution in [1.29, 1.82) is 0 Å². The van der Waals surface area contributed by atoms with Gasteiger partial charge in [-0.3, -0.25) is 9.59 Å². The molecule has 2 atom stereocenters. The van der Waals surface area contributed by atoms with Crippen molar-refractivity contribution in [3.63, 3.8) is 0 Å². The molecule has 8 heteroatoms. The molecule has 2 aliphatic rings. The van der Waals surface area contributed by atoms with Crippen LogP contribution in [-0.4, -0.2) is 61.2 Å². The van der Waals surface area contributed by atoms with E-state index in [2.05, 4.69) is 0 Å². The van der Waals surface area contributed by atoms with E-state index in [4.69, 9.17) is 11.6 Å². The number of rotatable bonds is 4. The van der Waals surface area contributed by atoms with E-state index in [1.165, 1.54) is 0 Å². The van der Waals surface area contributed by atoms with Crippen molar-refractivity contribution >= 4 is 33.3 Å². The third-order valence-electron chi connectivity index (χ3n) is 4.87. The van der Waals surface area contributed by atoms with Crippen LogP contribution in [-0.2, 0) is 26.0 Å². The van der Waals surface area contributed by atoms with E-state index in [-0.39, 0.29) is 35.8 Å². The van der Waals surface area contributed by atoms with Crippen LogP contribution < -0.4 is 0 Å². The molecule has 2 saturated heterocycles. The Kier molecular flexibility index (Phi) is 5.06. The number of hydrogen-bond acceptors (Lipinski definition) is 4. The maximum Gasteiger partial charge on any atom is 0.228 e. The molecule has 1 aromatic carbocycles. The second-order valence-corrected chi connectivity index (χ2v) is 9.49. The quantitative estimate of drug-likeness (QED) is 0.785. The molecule has 0 N–H and O–H groups in total. The van der Waals surface area contributed by atoms with Gasteiger partial charge < -0.3 is 9.80 Å². The Balaban J connectivity index is 1.61. The molecule has 2 heterocycles. The lowest BCUT2D eigenvalue weighted by Crippen LogP contribution is -2.39. The van der Waals surface area contributed by atoms with Crippen LogP contribution in [0.3, 0.4) is 0 Å². The molecule has 3 rings (SSSR count). The molecule has 2 fully saturated rings. The summed E-state index contributed by atoms with van der Waals surface area (Å²) < 4.78 is 23.3. The van der Waals surface area contributed by atoms with Gasteiger partial charge in [0.15, 0.2) is 9.84 Å². The summed E-state index contributed by atoms with van der Waals surface area (Å²) in [7, 11) is -1.34. The minimum atomic E-state index is -3.05. The summed E-state index contributed by atoms with van der Waals surface area (Å²) >= 11 is 5.86. The summed E-state index contributed by atoms with van der Waals surface area (Å²) in [5.41, 5.74) is 0.961. The lowest BCUT2D eigenvalue weighted by molar-refractivity contribution is -0.135. The van der Waals surface area contributed by atoms with Gasteiger partial charge in [0.2, 0.25) is 11.8 Å². The summed E-state index contributed by atoms with van der Waals surface area (Å²) in [5, 5.41) is 0.640. The molecular formula is C17H21ClN2O4S. The topological polar surface area (TPSA) is 74.8 Å². The highest BCUT2D eigenvalue weighted by Crippen LogP contribution is 2.27. The van der Waals surface area contributed by atoms with Gasteiger partial charge in [-0.25, -0.2) is 8.42 Å². The first-order valence-electron chi connectivity index (χ1n) is 8.24. The predicted molar refractivity (Wildman–Crippen MR) is 94.8 cm³/mol. The average molecular weight is 385 g/mol. The van der Waals surface area contributed by atoms with Gasteiger partial charge in [-0.15, -0.1) is 0 Å². The van der Waals surface area contributed by atoms with Crippen molar-refractivity contribution in [2.45, 2.75) is 25.4 Å². The molecule has 0 saturated carbocycles. The number of amides is 2. The molecule has 1 aromatic rings. The van der Waals surface area contributed by atoms with E-state index in [0.717, 1.165) is 5.56 Å². The first kappa shape index (κ1) is 18.2. The molecular weight excluding hydrogens is 364 g/mol. The van der Waals surface area contributed by atoms with Crippen LogP contribution >= 0.6 is 11.6 Å². The summed E-state index contributed by atoms with van der Waals surface area (Å²) in [6.45, 7) is 0.751. The number of carbonyl (C=O) groups is 2. The Hall–Kier alpha value is -1.60. The summed E-state index contributed by atoms with van der Waals surface area (Å²) in [5.74, 6) is -0.489. The molecule has 0 radical (unpaired) electrons. The first-order chi connectivity index (χ1) is 11.7. The zero-order valence-electron chi connectivity index (χ0n) is 14.0. The van der Waals surface area contributed by atoms with Gasteiger partial charge in [0.1, 0.15) is 0 Å². The van der Waals surface area contributed by atoms with Gasteiger partial charge in [-0.1, -0.05) is 23.7 Å². The van der Waals surface area contributed by atoms with Crippen LogP contribution in [0.1, 0.15) is 18.4 Å². The Morgan fingerprint density at radius 2 is 2.00 bits per heavy atom. The van der Waals surface area contributed by atoms with E-state index in [0.29, 0.717) is 24.5 Å². The lowest BCUT2D eigenvalue weighted by atomic mass is 10.1. The third kappa shape index (κ3) is 4.15. The number of likely N-dealkylation sites (tertiary alicyclic amines) is 1. The zero-order chi connectivity index (χ0) is 18.2. The summed E-state index contributed by atoms with van der Waals surface area (Å²) in [6, 6.07) is 6.99. The SMILES string of the molecule is CN(Cc1ccc(Cl)cc1)C(=O)C1CC(=O)N(C2CCS(=O)(=O)C2)C1. The molecule has 2 unspecified atom stereocenters. The van der Waals surface area contributed by atoms with Crippen LogP contribution in [0.15, 0.2) is 24.3 Å². The van der Waals surface area contributed by atoms with Gasteiger partial charge in [0.25, 0.3) is 0 Å². The van der Waals surface area contributed by atoms with E-state index in [9.17, 15) is 18.0 Å². The van der Waals surface area contributed by atoms with Crippen molar-refractivity contribution in [2.24, 2.45) is 5.92 Å². The van der Waals surface area contributed by atoms with Crippen molar-refractivity contribution in [3.05, 3.63) is 34.9 Å². The first-order valence-corrected chi connectivity index (χ1v) is 10.4. The highest BCUT2D eigenvalue weighted by molar-refractivity contribution is 7.91. The lowest BCUT2D eigenvalue weighted by Gasteiger charge is -2.24. The zero-order valence-corrected chi connectivity index (χ0v) is 15.6. The maximum absolute atomic E-state index is 12.7. The second kappa shape index (κ2) is 6.96. The Morgan fingerprint density at radius 3 is 2.60 bits per heavy atom. The highest BCUT2D eigenvalue weighted by atomic mass is 35.5. The molecule has 6 nitrogen and oxygen atoms in total. The highest BCUT2D eigenvalue weighted by Gasteiger charge is 2.42. The van der Waals surface area contributed by atoms with E-state index >= 15 is 0 Å². The van der Waals surface area contributed by atoms with E-state index in [1.807, 2.05) is 12.1 Å². The predicted octanol–water partition coefficient (Wildman–Crippen LogP) is 1.33. The Labute approximate surface area is 152 Å². The van der Waals surface area contributed by atoms with Crippen LogP contribution in [0.2, 0.25) is 5.02 Å². The van der Waals surface area contributed by atoms with Crippen molar-refractivity contribution < 1.29 is 18.0 Å². The van der Waals surface area contributed by atoms with Crippen LogP contribution in [0.5, 0.6) is 0 Å². The standard InChI is InChI=1S/C17H21ClN2O4S/c1-19(9-12-2-4-14(18)5-3-12)17(22)13-8-16(21)20(10-13)15-6-7-25(23,24)11-15/h2-5,13,15H,6-11H2,1H3. The number of benzene rings is 1. The van der Waals surface area contributed by atoms with Gasteiger partial charge in [-0.05, 0) is 24.1 Å². The maximum atomic E-state index is 12.7. The Morgan fingerprint density at radius 1 is 1.32 bits per heavy atom. The van der Waals surface area contributed by atoms with Crippen molar-refractivity contribution in [2.75, 3.05) is 25.1 Å². The summed E-state index contributed by atoms with van der Waals surface area (Å²) in [6.07, 6.45) is 0.621. The number of halogens is 1. The van der Waals surface area contributed by atoms with Gasteiger partial charge in [0.05, 0.1) is 17.4 Å². The van der Waals surface area contributed by atoms with Gasteiger partial charge in [0, 0.05) is 37.6 Å². The van der Waals surface area contributed by atoms with E-state index in [1.54, 1.807) is 29.0 Å². The number of sulfone groups is 1. The van der Waals surface area contributed by atoms with Gasteiger partial charge >= 0.3 is 0 Å². The monoisotopic (exact) mass is 384 g/mol. The summed E-state index contributed by atoms with van der Waals surface area (Å²) in [4.78, 5) is 28.1. The van der Waals surface area contributed by atoms with Crippen LogP contribution in [0.25, 0.3) is 0 Å². The molecule has 0 bridgehead atoms. The molecule has 0 aliphatic carbocycles. The fraction of sp³-hybridized carbons (Fsp3) is 0.529. The molecule has 136 valence electrons. The number of hydrogen-bond donors (Lipinski definition) is 0. The molecule has 0 aromatic heterocycles. The third-order valence-corrected chi connectivity index (χ3v) is 6.87. The average Bonchev–Trinajstić information content (AvgIpc) is 3.11. The normalized spacial score (nSPS) is 25.4. The van der Waals surface area contributed by atoms with Crippen LogP contribution in [0.4, 0.5) is 0 Å². The molecule has 0 spiro atoms. The minimum absolute atomic E-state index is 0.0142. The smallest absolute Gasteiger partial charge is 0.228 e. The molecule has 2 aliphatic heterocycles. The fourth-order valence-electron chi connectivity index (χ4n) is 3.52. The van der Waals surface area contributed by atoms with Crippen molar-refractivity contribution in [3.8, 4) is 0 Å².